The molecule has 1 saturated heterocycles. The van der Waals surface area contributed by atoms with Crippen LogP contribution in [0.1, 0.15) is 34.3 Å². The Hall–Kier alpha value is -2.80. The van der Waals surface area contributed by atoms with E-state index in [2.05, 4.69) is 5.32 Å². The fraction of sp³-hybridized carbons (Fsp3) is 0.364. The van der Waals surface area contributed by atoms with Gasteiger partial charge < -0.3 is 15.0 Å². The normalized spacial score (nSPS) is 15.9. The van der Waals surface area contributed by atoms with Crippen LogP contribution >= 0.6 is 0 Å². The number of nitrogens with zero attached hydrogens (tertiary/aromatic N) is 1. The number of anilines is 1. The Kier molecular flexibility index (Phi) is 6.59. The number of hydrogen-bond acceptors (Lipinski definition) is 3. The van der Waals surface area contributed by atoms with Gasteiger partial charge in [0.05, 0.1) is 6.10 Å². The van der Waals surface area contributed by atoms with Crippen molar-refractivity contribution < 1.29 is 23.1 Å². The Morgan fingerprint density at radius 3 is 2.55 bits per heavy atom. The highest BCUT2D eigenvalue weighted by Gasteiger charge is 2.26. The van der Waals surface area contributed by atoms with Crippen molar-refractivity contribution in [1.29, 1.82) is 0 Å². The monoisotopic (exact) mass is 402 g/mol. The third-order valence-corrected chi connectivity index (χ3v) is 5.06. The van der Waals surface area contributed by atoms with E-state index in [-0.39, 0.29) is 30.7 Å². The van der Waals surface area contributed by atoms with Crippen LogP contribution in [0.5, 0.6) is 0 Å². The molecule has 2 aromatic rings. The zero-order chi connectivity index (χ0) is 21.0. The van der Waals surface area contributed by atoms with Crippen molar-refractivity contribution in [3.63, 3.8) is 0 Å². The molecule has 1 fully saturated rings. The Balaban J connectivity index is 1.78. The molecule has 154 valence electrons. The molecule has 1 heterocycles. The summed E-state index contributed by atoms with van der Waals surface area (Å²) >= 11 is 0. The Morgan fingerprint density at radius 1 is 1.17 bits per heavy atom. The van der Waals surface area contributed by atoms with Crippen LogP contribution in [0.2, 0.25) is 0 Å². The van der Waals surface area contributed by atoms with Gasteiger partial charge in [0.25, 0.3) is 5.91 Å². The second-order valence-electron chi connectivity index (χ2n) is 7.27. The number of hydrogen-bond donors (Lipinski definition) is 1. The summed E-state index contributed by atoms with van der Waals surface area (Å²) in [5.74, 6) is -2.69. The molecule has 2 amide bonds. The molecule has 1 N–H and O–H groups in total. The lowest BCUT2D eigenvalue weighted by Gasteiger charge is -2.25. The van der Waals surface area contributed by atoms with Crippen molar-refractivity contribution in [2.45, 2.75) is 32.8 Å². The molecule has 0 aromatic heterocycles. The molecule has 3 rings (SSSR count). The van der Waals surface area contributed by atoms with Gasteiger partial charge in [-0.1, -0.05) is 12.1 Å². The van der Waals surface area contributed by atoms with Gasteiger partial charge in [-0.05, 0) is 56.0 Å². The fourth-order valence-electron chi connectivity index (χ4n) is 3.36. The van der Waals surface area contributed by atoms with Crippen LogP contribution in [-0.2, 0) is 9.53 Å². The van der Waals surface area contributed by atoms with Crippen molar-refractivity contribution in [1.82, 2.24) is 4.90 Å². The molecule has 0 saturated carbocycles. The van der Waals surface area contributed by atoms with Gasteiger partial charge in [-0.3, -0.25) is 9.59 Å². The average molecular weight is 402 g/mol. The van der Waals surface area contributed by atoms with E-state index in [4.69, 9.17) is 4.74 Å². The van der Waals surface area contributed by atoms with Gasteiger partial charge in [-0.2, -0.15) is 0 Å². The minimum Gasteiger partial charge on any atom is -0.376 e. The lowest BCUT2D eigenvalue weighted by atomic mass is 10.1. The maximum Gasteiger partial charge on any atom is 0.254 e. The van der Waals surface area contributed by atoms with Gasteiger partial charge in [0.15, 0.2) is 0 Å². The molecule has 1 aliphatic rings. The lowest BCUT2D eigenvalue weighted by Crippen LogP contribution is -2.42. The summed E-state index contributed by atoms with van der Waals surface area (Å²) in [7, 11) is 0. The number of benzene rings is 2. The number of nitrogens with one attached hydrogen (secondary N) is 1. The first-order chi connectivity index (χ1) is 13.8. The van der Waals surface area contributed by atoms with Gasteiger partial charge in [-0.15, -0.1) is 0 Å². The second-order valence-corrected chi connectivity index (χ2v) is 7.27. The smallest absolute Gasteiger partial charge is 0.254 e. The number of carbonyl (C=O) groups excluding carboxylic acids is 2. The summed E-state index contributed by atoms with van der Waals surface area (Å²) in [6.07, 6.45) is 1.43. The maximum absolute atomic E-state index is 13.6. The molecular formula is C22H24F2N2O3. The number of rotatable bonds is 6. The molecule has 1 atom stereocenters. The van der Waals surface area contributed by atoms with E-state index in [9.17, 15) is 18.4 Å². The van der Waals surface area contributed by atoms with Crippen molar-refractivity contribution in [3.8, 4) is 0 Å². The summed E-state index contributed by atoms with van der Waals surface area (Å²) < 4.78 is 32.7. The predicted octanol–water partition coefficient (Wildman–Crippen LogP) is 3.84. The third kappa shape index (κ3) is 5.38. The summed E-state index contributed by atoms with van der Waals surface area (Å²) in [5, 5.41) is 2.81. The van der Waals surface area contributed by atoms with Gasteiger partial charge in [0.2, 0.25) is 5.91 Å². The van der Waals surface area contributed by atoms with Gasteiger partial charge in [0.1, 0.15) is 18.2 Å². The first kappa shape index (κ1) is 20.9. The largest absolute Gasteiger partial charge is 0.376 e. The van der Waals surface area contributed by atoms with E-state index in [1.54, 1.807) is 6.07 Å². The van der Waals surface area contributed by atoms with Gasteiger partial charge >= 0.3 is 0 Å². The minimum atomic E-state index is -0.842. The molecule has 1 aliphatic heterocycles. The van der Waals surface area contributed by atoms with E-state index in [0.29, 0.717) is 18.4 Å². The molecule has 0 spiro atoms. The first-order valence-corrected chi connectivity index (χ1v) is 9.56. The van der Waals surface area contributed by atoms with Crippen molar-refractivity contribution in [3.05, 3.63) is 64.7 Å². The molecule has 0 radical (unpaired) electrons. The van der Waals surface area contributed by atoms with Crippen LogP contribution in [-0.4, -0.2) is 42.5 Å². The average Bonchev–Trinajstić information content (AvgIpc) is 3.16. The van der Waals surface area contributed by atoms with E-state index >= 15 is 0 Å². The standard InChI is InChI=1S/C22H24F2N2O3/c1-14-5-3-7-20(15(14)2)25-21(27)13-26(12-19-6-4-8-29-19)22(28)16-9-17(23)11-18(24)10-16/h3,5,7,9-11,19H,4,6,8,12-13H2,1-2H3,(H,25,27). The van der Waals surface area contributed by atoms with Crippen LogP contribution in [0.15, 0.2) is 36.4 Å². The summed E-state index contributed by atoms with van der Waals surface area (Å²) in [6.45, 7) is 4.36. The predicted molar refractivity (Wildman–Crippen MR) is 106 cm³/mol. The van der Waals surface area contributed by atoms with Crippen LogP contribution in [0.4, 0.5) is 14.5 Å². The van der Waals surface area contributed by atoms with Crippen LogP contribution < -0.4 is 5.32 Å². The van der Waals surface area contributed by atoms with Gasteiger partial charge in [-0.25, -0.2) is 8.78 Å². The zero-order valence-electron chi connectivity index (χ0n) is 16.5. The molecule has 2 aromatic carbocycles. The van der Waals surface area contributed by atoms with Gasteiger partial charge in [0, 0.05) is 30.5 Å². The minimum absolute atomic E-state index is 0.139. The summed E-state index contributed by atoms with van der Waals surface area (Å²) in [4.78, 5) is 26.8. The highest BCUT2D eigenvalue weighted by atomic mass is 19.1. The number of halogens is 2. The number of amides is 2. The highest BCUT2D eigenvalue weighted by Crippen LogP contribution is 2.19. The zero-order valence-corrected chi connectivity index (χ0v) is 16.5. The van der Waals surface area contributed by atoms with Crippen molar-refractivity contribution in [2.75, 3.05) is 25.0 Å². The number of carbonyl (C=O) groups is 2. The van der Waals surface area contributed by atoms with E-state index in [1.807, 2.05) is 26.0 Å². The topological polar surface area (TPSA) is 58.6 Å². The van der Waals surface area contributed by atoms with E-state index in [1.165, 1.54) is 4.90 Å². The van der Waals surface area contributed by atoms with E-state index < -0.39 is 17.5 Å². The fourth-order valence-corrected chi connectivity index (χ4v) is 3.36. The number of aryl methyl sites for hydroxylation is 1. The Labute approximate surface area is 168 Å². The third-order valence-electron chi connectivity index (χ3n) is 5.06. The SMILES string of the molecule is Cc1cccc(NC(=O)CN(CC2CCCO2)C(=O)c2cc(F)cc(F)c2)c1C. The molecule has 7 heteroatoms. The molecule has 29 heavy (non-hydrogen) atoms. The molecule has 5 nitrogen and oxygen atoms in total. The van der Waals surface area contributed by atoms with E-state index in [0.717, 1.165) is 36.1 Å². The highest BCUT2D eigenvalue weighted by molar-refractivity contribution is 5.99. The van der Waals surface area contributed by atoms with Crippen LogP contribution in [0.3, 0.4) is 0 Å². The quantitative estimate of drug-likeness (QED) is 0.799. The Morgan fingerprint density at radius 2 is 1.90 bits per heavy atom. The number of ether oxygens (including phenoxy) is 1. The molecule has 0 bridgehead atoms. The maximum atomic E-state index is 13.6. The lowest BCUT2D eigenvalue weighted by molar-refractivity contribution is -0.117. The second kappa shape index (κ2) is 9.13. The molecular weight excluding hydrogens is 378 g/mol. The van der Waals surface area contributed by atoms with Crippen molar-refractivity contribution in [2.24, 2.45) is 0 Å². The summed E-state index contributed by atoms with van der Waals surface area (Å²) in [5.41, 5.74) is 2.49. The first-order valence-electron chi connectivity index (χ1n) is 9.56. The van der Waals surface area contributed by atoms with Crippen LogP contribution in [0, 0.1) is 25.5 Å². The molecule has 1 unspecified atom stereocenters. The van der Waals surface area contributed by atoms with Crippen LogP contribution in [0.25, 0.3) is 0 Å². The molecule has 0 aliphatic carbocycles. The summed E-state index contributed by atoms with van der Waals surface area (Å²) in [6, 6.07) is 8.20. The Bertz CT molecular complexity index is 891. The van der Waals surface area contributed by atoms with Crippen molar-refractivity contribution >= 4 is 17.5 Å².